The number of aromatic nitrogens is 2. The second-order valence-electron chi connectivity index (χ2n) is 8.49. The van der Waals surface area contributed by atoms with Crippen molar-refractivity contribution in [2.24, 2.45) is 0 Å². The molecule has 3 heterocycles. The Hall–Kier alpha value is -3.96. The second-order valence-corrected chi connectivity index (χ2v) is 10.7. The predicted molar refractivity (Wildman–Crippen MR) is 146 cm³/mol. The van der Waals surface area contributed by atoms with Gasteiger partial charge in [0.15, 0.2) is 22.4 Å². The van der Waals surface area contributed by atoms with Gasteiger partial charge in [0.1, 0.15) is 5.75 Å². The minimum absolute atomic E-state index is 0.0372. The van der Waals surface area contributed by atoms with Crippen molar-refractivity contribution < 1.29 is 28.9 Å². The molecule has 1 N–H and O–H groups in total. The molecule has 4 aromatic rings. The van der Waals surface area contributed by atoms with Crippen molar-refractivity contribution in [1.29, 1.82) is 0 Å². The first-order chi connectivity index (χ1) is 18.3. The number of Topliss-reactive ketones (excluding diaryl/α,β-unsaturated/α-hetero) is 1. The largest absolute Gasteiger partial charge is 0.503 e. The zero-order chi connectivity index (χ0) is 27.1. The third kappa shape index (κ3) is 4.27. The van der Waals surface area contributed by atoms with Crippen LogP contribution >= 0.6 is 22.7 Å². The van der Waals surface area contributed by atoms with Crippen LogP contribution in [0.15, 0.2) is 47.7 Å². The maximum Gasteiger partial charge on any atom is 0.296 e. The molecule has 1 unspecified atom stereocenters. The van der Waals surface area contributed by atoms with Crippen LogP contribution in [-0.2, 0) is 4.79 Å². The topological polar surface area (TPSA) is 111 Å². The van der Waals surface area contributed by atoms with Gasteiger partial charge in [0.25, 0.3) is 5.91 Å². The summed E-state index contributed by atoms with van der Waals surface area (Å²) >= 11 is 2.49. The number of anilines is 1. The highest BCUT2D eigenvalue weighted by Gasteiger charge is 2.46. The molecule has 0 radical (unpaired) electrons. The summed E-state index contributed by atoms with van der Waals surface area (Å²) in [6.07, 6.45) is 0. The minimum atomic E-state index is -0.955. The SMILES string of the molecule is CCOc1ccc(C2C(C(=O)c3sc(C)nc3C)=C(O)C(=O)N2c2nc3ccc(OC)cc3s2)cc1OC. The van der Waals surface area contributed by atoms with Crippen LogP contribution in [0.4, 0.5) is 5.13 Å². The van der Waals surface area contributed by atoms with E-state index in [9.17, 15) is 14.7 Å². The smallest absolute Gasteiger partial charge is 0.296 e. The Bertz CT molecular complexity index is 1610. The number of rotatable bonds is 8. The highest BCUT2D eigenvalue weighted by atomic mass is 32.1. The van der Waals surface area contributed by atoms with Gasteiger partial charge in [-0.2, -0.15) is 0 Å². The molecule has 0 aliphatic carbocycles. The number of methoxy groups -OCH3 is 2. The third-order valence-corrected chi connectivity index (χ3v) is 8.25. The average molecular weight is 552 g/mol. The van der Waals surface area contributed by atoms with E-state index in [2.05, 4.69) is 9.97 Å². The highest BCUT2D eigenvalue weighted by Crippen LogP contribution is 2.46. The summed E-state index contributed by atoms with van der Waals surface area (Å²) in [7, 11) is 3.09. The Labute approximate surface area is 226 Å². The number of aryl methyl sites for hydroxylation is 2. The van der Waals surface area contributed by atoms with Gasteiger partial charge in [-0.05, 0) is 56.7 Å². The Balaban J connectivity index is 1.69. The van der Waals surface area contributed by atoms with Gasteiger partial charge in [0, 0.05) is 0 Å². The number of benzene rings is 2. The lowest BCUT2D eigenvalue weighted by molar-refractivity contribution is -0.117. The number of carbonyl (C=O) groups is 2. The van der Waals surface area contributed by atoms with Crippen molar-refractivity contribution in [1.82, 2.24) is 9.97 Å². The van der Waals surface area contributed by atoms with Gasteiger partial charge in [-0.1, -0.05) is 17.4 Å². The molecule has 2 aromatic heterocycles. The molecule has 0 saturated carbocycles. The summed E-state index contributed by atoms with van der Waals surface area (Å²) in [6, 6.07) is 9.65. The Morgan fingerprint density at radius 2 is 1.84 bits per heavy atom. The molecule has 1 atom stereocenters. The van der Waals surface area contributed by atoms with E-state index in [1.54, 1.807) is 51.3 Å². The van der Waals surface area contributed by atoms with Gasteiger partial charge in [-0.15, -0.1) is 11.3 Å². The first-order valence-electron chi connectivity index (χ1n) is 11.8. The maximum atomic E-state index is 13.9. The number of ketones is 1. The quantitative estimate of drug-likeness (QED) is 0.283. The van der Waals surface area contributed by atoms with Crippen molar-refractivity contribution in [3.63, 3.8) is 0 Å². The van der Waals surface area contributed by atoms with Crippen molar-refractivity contribution in [3.05, 3.63) is 68.9 Å². The molecule has 38 heavy (non-hydrogen) atoms. The predicted octanol–water partition coefficient (Wildman–Crippen LogP) is 5.57. The number of hydrogen-bond donors (Lipinski definition) is 1. The molecule has 0 spiro atoms. The molecule has 9 nitrogen and oxygen atoms in total. The lowest BCUT2D eigenvalue weighted by Gasteiger charge is -2.25. The van der Waals surface area contributed by atoms with Crippen LogP contribution < -0.4 is 19.1 Å². The van der Waals surface area contributed by atoms with E-state index in [-0.39, 0.29) is 5.57 Å². The van der Waals surface area contributed by atoms with E-state index in [1.807, 2.05) is 13.0 Å². The summed E-state index contributed by atoms with van der Waals surface area (Å²) < 4.78 is 17.3. The maximum absolute atomic E-state index is 13.9. The molecular formula is C27H25N3O6S2. The average Bonchev–Trinajstić information content (AvgIpc) is 3.56. The van der Waals surface area contributed by atoms with Gasteiger partial charge in [-0.25, -0.2) is 9.97 Å². The number of ether oxygens (including phenoxy) is 3. The summed E-state index contributed by atoms with van der Waals surface area (Å²) in [5, 5.41) is 12.2. The van der Waals surface area contributed by atoms with Crippen LogP contribution in [0.25, 0.3) is 10.2 Å². The van der Waals surface area contributed by atoms with E-state index in [4.69, 9.17) is 14.2 Å². The van der Waals surface area contributed by atoms with Gasteiger partial charge in [0.2, 0.25) is 5.78 Å². The van der Waals surface area contributed by atoms with Crippen molar-refractivity contribution >= 4 is 49.7 Å². The zero-order valence-corrected chi connectivity index (χ0v) is 23.0. The van der Waals surface area contributed by atoms with Crippen LogP contribution in [0.1, 0.15) is 38.9 Å². The molecule has 0 saturated heterocycles. The van der Waals surface area contributed by atoms with Crippen LogP contribution in [0.3, 0.4) is 0 Å². The molecular weight excluding hydrogens is 526 g/mol. The lowest BCUT2D eigenvalue weighted by Crippen LogP contribution is -2.31. The molecule has 0 fully saturated rings. The molecule has 196 valence electrons. The third-order valence-electron chi connectivity index (χ3n) is 6.16. The zero-order valence-electron chi connectivity index (χ0n) is 21.4. The molecule has 0 bridgehead atoms. The first kappa shape index (κ1) is 25.7. The lowest BCUT2D eigenvalue weighted by atomic mass is 9.95. The van der Waals surface area contributed by atoms with Crippen LogP contribution in [0, 0.1) is 13.8 Å². The van der Waals surface area contributed by atoms with Gasteiger partial charge in [0.05, 0.1) is 58.2 Å². The fourth-order valence-corrected chi connectivity index (χ4v) is 6.36. The fourth-order valence-electron chi connectivity index (χ4n) is 4.47. The normalized spacial score (nSPS) is 15.4. The van der Waals surface area contributed by atoms with E-state index in [0.717, 1.165) is 4.70 Å². The molecule has 1 aliphatic rings. The number of hydrogen-bond acceptors (Lipinski definition) is 10. The van der Waals surface area contributed by atoms with E-state index in [0.29, 0.717) is 55.6 Å². The van der Waals surface area contributed by atoms with Crippen LogP contribution in [0.2, 0.25) is 0 Å². The van der Waals surface area contributed by atoms with E-state index < -0.39 is 23.5 Å². The van der Waals surface area contributed by atoms with Crippen molar-refractivity contribution in [2.45, 2.75) is 26.8 Å². The second kappa shape index (κ2) is 10.1. The number of thiazole rings is 2. The van der Waals surface area contributed by atoms with E-state index in [1.165, 1.54) is 34.7 Å². The summed E-state index contributed by atoms with van der Waals surface area (Å²) in [6.45, 7) is 5.84. The summed E-state index contributed by atoms with van der Waals surface area (Å²) in [4.78, 5) is 38.2. The summed E-state index contributed by atoms with van der Waals surface area (Å²) in [5.41, 5.74) is 1.72. The molecule has 1 aliphatic heterocycles. The van der Waals surface area contributed by atoms with Gasteiger partial charge < -0.3 is 19.3 Å². The Kier molecular flexibility index (Phi) is 6.80. The minimum Gasteiger partial charge on any atom is -0.503 e. The number of aliphatic hydroxyl groups is 1. The van der Waals surface area contributed by atoms with Crippen LogP contribution in [0.5, 0.6) is 17.2 Å². The number of aliphatic hydroxyl groups excluding tert-OH is 1. The molecule has 2 aromatic carbocycles. The monoisotopic (exact) mass is 551 g/mol. The molecule has 1 amide bonds. The van der Waals surface area contributed by atoms with Crippen molar-refractivity contribution in [2.75, 3.05) is 25.7 Å². The molecule has 5 rings (SSSR count). The number of amides is 1. The molecule has 11 heteroatoms. The highest BCUT2D eigenvalue weighted by molar-refractivity contribution is 7.22. The number of nitrogens with zero attached hydrogens (tertiary/aromatic N) is 3. The summed E-state index contributed by atoms with van der Waals surface area (Å²) in [5.74, 6) is -0.167. The van der Waals surface area contributed by atoms with Gasteiger partial charge in [-0.3, -0.25) is 14.5 Å². The Morgan fingerprint density at radius 3 is 2.50 bits per heavy atom. The Morgan fingerprint density at radius 1 is 1.05 bits per heavy atom. The van der Waals surface area contributed by atoms with E-state index >= 15 is 0 Å². The van der Waals surface area contributed by atoms with Crippen LogP contribution in [-0.4, -0.2) is 47.6 Å². The van der Waals surface area contributed by atoms with Gasteiger partial charge >= 0.3 is 0 Å². The fraction of sp³-hybridized carbons (Fsp3) is 0.259. The standard InChI is InChI=1S/C27H25N3O6S2/c1-6-36-18-10-7-15(11-19(18)35-5)22-21(23(31)25-13(2)28-14(3)37-25)24(32)26(33)30(22)27-29-17-9-8-16(34-4)12-20(17)38-27/h7-12,22,32H,6H2,1-5H3. The number of fused-ring (bicyclic) bond motifs is 1. The first-order valence-corrected chi connectivity index (χ1v) is 13.4. The number of carbonyl (C=O) groups excluding carboxylic acids is 2. The van der Waals surface area contributed by atoms with Crippen molar-refractivity contribution in [3.8, 4) is 17.2 Å².